The van der Waals surface area contributed by atoms with Gasteiger partial charge >= 0.3 is 5.97 Å². The van der Waals surface area contributed by atoms with Crippen LogP contribution in [0.1, 0.15) is 47.6 Å². The average molecular weight is 597 g/mol. The molecule has 0 radical (unpaired) electrons. The zero-order valence-corrected chi connectivity index (χ0v) is 25.7. The van der Waals surface area contributed by atoms with E-state index in [9.17, 15) is 4.79 Å². The highest BCUT2D eigenvalue weighted by atomic mass is 16.7. The molecule has 1 saturated heterocycles. The minimum Gasteiger partial charge on any atom is -0.469 e. The molecule has 1 N–H and O–H groups in total. The molecule has 0 aliphatic carbocycles. The second-order valence-corrected chi connectivity index (χ2v) is 12.1. The molecule has 2 aliphatic heterocycles. The monoisotopic (exact) mass is 596 g/mol. The van der Waals surface area contributed by atoms with E-state index < -0.39 is 0 Å². The van der Waals surface area contributed by atoms with Crippen LogP contribution in [0.3, 0.4) is 0 Å². The number of nitrogens with zero attached hydrogens (tertiary/aromatic N) is 1. The fourth-order valence-electron chi connectivity index (χ4n) is 6.99. The summed E-state index contributed by atoms with van der Waals surface area (Å²) in [7, 11) is 1.50. The summed E-state index contributed by atoms with van der Waals surface area (Å²) in [5, 5.41) is 1.19. The number of methoxy groups -OCH3 is 1. The summed E-state index contributed by atoms with van der Waals surface area (Å²) in [5.41, 5.74) is 5.76. The van der Waals surface area contributed by atoms with Crippen LogP contribution in [0.15, 0.2) is 84.9 Å². The molecule has 3 heterocycles. The topological polar surface area (TPSA) is 73.0 Å². The minimum atomic E-state index is -0.371. The zero-order chi connectivity index (χ0) is 30.1. The number of ether oxygens (including phenoxy) is 4. The molecule has 0 spiro atoms. The molecule has 44 heavy (non-hydrogen) atoms. The van der Waals surface area contributed by atoms with Crippen molar-refractivity contribution in [2.75, 3.05) is 40.0 Å². The number of para-hydroxylation sites is 1. The SMILES string of the molecule is COC(=O)[C@@H]1C[C@@H](CC(CCOCc2ccccc2)C2OCCO2)CN(Cc2ccccc2)CCc2c1[nH]c1ccccc21. The molecule has 6 rings (SSSR count). The number of aromatic amines is 1. The van der Waals surface area contributed by atoms with Gasteiger partial charge < -0.3 is 23.9 Å². The molecule has 1 aromatic heterocycles. The first kappa shape index (κ1) is 30.5. The number of carbonyl (C=O) groups is 1. The minimum absolute atomic E-state index is 0.151. The molecule has 2 aliphatic rings. The summed E-state index contributed by atoms with van der Waals surface area (Å²) in [6.07, 6.45) is 2.98. The second kappa shape index (κ2) is 15.0. The van der Waals surface area contributed by atoms with Crippen LogP contribution in [-0.4, -0.2) is 62.2 Å². The van der Waals surface area contributed by atoms with E-state index in [1.807, 2.05) is 24.3 Å². The van der Waals surface area contributed by atoms with E-state index >= 15 is 0 Å². The van der Waals surface area contributed by atoms with Crippen molar-refractivity contribution < 1.29 is 23.7 Å². The first-order chi connectivity index (χ1) is 21.7. The Labute approximate surface area is 260 Å². The molecule has 1 fully saturated rings. The van der Waals surface area contributed by atoms with Crippen LogP contribution in [-0.2, 0) is 43.3 Å². The highest BCUT2D eigenvalue weighted by Crippen LogP contribution is 2.38. The number of esters is 1. The van der Waals surface area contributed by atoms with Crippen LogP contribution >= 0.6 is 0 Å². The van der Waals surface area contributed by atoms with Gasteiger partial charge in [0.25, 0.3) is 0 Å². The van der Waals surface area contributed by atoms with E-state index in [1.54, 1.807) is 0 Å². The van der Waals surface area contributed by atoms with Gasteiger partial charge in [0.05, 0.1) is 32.8 Å². The Hall–Kier alpha value is -3.49. The molecule has 0 amide bonds. The quantitative estimate of drug-likeness (QED) is 0.158. The van der Waals surface area contributed by atoms with Crippen molar-refractivity contribution in [3.63, 3.8) is 0 Å². The lowest BCUT2D eigenvalue weighted by molar-refractivity contribution is -0.143. The van der Waals surface area contributed by atoms with Gasteiger partial charge in [-0.3, -0.25) is 9.69 Å². The van der Waals surface area contributed by atoms with Crippen molar-refractivity contribution in [2.24, 2.45) is 11.8 Å². The van der Waals surface area contributed by atoms with Crippen LogP contribution in [0.25, 0.3) is 10.9 Å². The van der Waals surface area contributed by atoms with E-state index in [0.717, 1.165) is 50.1 Å². The molecule has 232 valence electrons. The van der Waals surface area contributed by atoms with Crippen molar-refractivity contribution in [1.29, 1.82) is 0 Å². The largest absolute Gasteiger partial charge is 0.469 e. The number of hydrogen-bond acceptors (Lipinski definition) is 6. The van der Waals surface area contributed by atoms with Crippen LogP contribution < -0.4 is 0 Å². The van der Waals surface area contributed by atoms with Gasteiger partial charge in [-0.1, -0.05) is 78.9 Å². The predicted octanol–water partition coefficient (Wildman–Crippen LogP) is 6.48. The van der Waals surface area contributed by atoms with E-state index in [-0.39, 0.29) is 30.0 Å². The Morgan fingerprint density at radius 2 is 1.66 bits per heavy atom. The standard InChI is InChI=1S/C37H44N2O5/c1-41-36(40)33-23-29(22-30(37-43-20-21-44-37)17-19-42-26-28-12-6-3-7-13-28)25-39(24-27-10-4-2-5-11-27)18-16-32-31-14-8-9-15-34(31)38-35(32)33/h2-15,29-30,33,37-38H,16-26H2,1H3/t29-,30?,33-/m1/s1. The Bertz CT molecular complexity index is 1470. The third-order valence-electron chi connectivity index (χ3n) is 9.11. The molecule has 4 aromatic rings. The maximum atomic E-state index is 13.5. The van der Waals surface area contributed by atoms with Gasteiger partial charge in [-0.15, -0.1) is 0 Å². The number of carbonyl (C=O) groups excluding carboxylic acids is 1. The summed E-state index contributed by atoms with van der Waals surface area (Å²) < 4.78 is 23.7. The smallest absolute Gasteiger partial charge is 0.314 e. The second-order valence-electron chi connectivity index (χ2n) is 12.1. The zero-order valence-electron chi connectivity index (χ0n) is 25.7. The number of H-pyrrole nitrogens is 1. The molecule has 0 bridgehead atoms. The Balaban J connectivity index is 1.27. The van der Waals surface area contributed by atoms with Crippen molar-refractivity contribution in [2.45, 2.75) is 51.0 Å². The van der Waals surface area contributed by atoms with Crippen LogP contribution in [0.4, 0.5) is 0 Å². The lowest BCUT2D eigenvalue weighted by Crippen LogP contribution is -2.34. The molecule has 7 nitrogen and oxygen atoms in total. The van der Waals surface area contributed by atoms with Gasteiger partial charge in [0.2, 0.25) is 0 Å². The van der Waals surface area contributed by atoms with Crippen molar-refractivity contribution in [1.82, 2.24) is 9.88 Å². The van der Waals surface area contributed by atoms with Gasteiger partial charge in [-0.2, -0.15) is 0 Å². The maximum Gasteiger partial charge on any atom is 0.314 e. The van der Waals surface area contributed by atoms with Gasteiger partial charge in [-0.05, 0) is 54.4 Å². The molecule has 3 aromatic carbocycles. The van der Waals surface area contributed by atoms with Crippen molar-refractivity contribution in [3.8, 4) is 0 Å². The molecule has 1 unspecified atom stereocenters. The normalized spacial score (nSPS) is 20.5. The highest BCUT2D eigenvalue weighted by Gasteiger charge is 2.36. The number of aromatic nitrogens is 1. The fraction of sp³-hybridized carbons (Fsp3) is 0.432. The third-order valence-corrected chi connectivity index (χ3v) is 9.11. The third kappa shape index (κ3) is 7.59. The summed E-state index contributed by atoms with van der Waals surface area (Å²) in [5.74, 6) is -0.190. The number of benzene rings is 3. The number of rotatable bonds is 11. The number of hydrogen-bond donors (Lipinski definition) is 1. The van der Waals surface area contributed by atoms with E-state index in [2.05, 4.69) is 70.5 Å². The predicted molar refractivity (Wildman–Crippen MR) is 171 cm³/mol. The van der Waals surface area contributed by atoms with E-state index in [4.69, 9.17) is 18.9 Å². The van der Waals surface area contributed by atoms with Gasteiger partial charge in [-0.25, -0.2) is 0 Å². The van der Waals surface area contributed by atoms with Crippen LogP contribution in [0.2, 0.25) is 0 Å². The van der Waals surface area contributed by atoms with Gasteiger partial charge in [0.1, 0.15) is 0 Å². The van der Waals surface area contributed by atoms with Crippen molar-refractivity contribution in [3.05, 3.63) is 107 Å². The van der Waals surface area contributed by atoms with Gasteiger partial charge in [0, 0.05) is 48.8 Å². The lowest BCUT2D eigenvalue weighted by atomic mass is 9.83. The number of fused-ring (bicyclic) bond motifs is 3. The highest BCUT2D eigenvalue weighted by molar-refractivity contribution is 5.88. The molecular weight excluding hydrogens is 552 g/mol. The molecule has 3 atom stereocenters. The summed E-state index contributed by atoms with van der Waals surface area (Å²) in [6, 6.07) is 29.3. The fourth-order valence-corrected chi connectivity index (χ4v) is 6.99. The summed E-state index contributed by atoms with van der Waals surface area (Å²) in [4.78, 5) is 19.7. The Kier molecular flexibility index (Phi) is 10.4. The lowest BCUT2D eigenvalue weighted by Gasteiger charge is -2.32. The molecular formula is C37H44N2O5. The maximum absolute atomic E-state index is 13.5. The Morgan fingerprint density at radius 1 is 0.955 bits per heavy atom. The summed E-state index contributed by atoms with van der Waals surface area (Å²) in [6.45, 7) is 5.06. The van der Waals surface area contributed by atoms with Gasteiger partial charge in [0.15, 0.2) is 6.29 Å². The van der Waals surface area contributed by atoms with Crippen molar-refractivity contribution >= 4 is 16.9 Å². The van der Waals surface area contributed by atoms with Crippen LogP contribution in [0, 0.1) is 11.8 Å². The summed E-state index contributed by atoms with van der Waals surface area (Å²) >= 11 is 0. The Morgan fingerprint density at radius 3 is 2.41 bits per heavy atom. The molecule has 0 saturated carbocycles. The average Bonchev–Trinajstić information content (AvgIpc) is 3.73. The molecule has 7 heteroatoms. The van der Waals surface area contributed by atoms with E-state index in [1.165, 1.54) is 29.2 Å². The first-order valence-corrected chi connectivity index (χ1v) is 16.0. The number of nitrogens with one attached hydrogen (secondary N) is 1. The van der Waals surface area contributed by atoms with E-state index in [0.29, 0.717) is 32.8 Å². The van der Waals surface area contributed by atoms with Crippen LogP contribution in [0.5, 0.6) is 0 Å². The first-order valence-electron chi connectivity index (χ1n) is 16.0.